The molecule has 0 saturated heterocycles. The Morgan fingerprint density at radius 1 is 1.14 bits per heavy atom. The van der Waals surface area contributed by atoms with Crippen LogP contribution >= 0.6 is 11.6 Å². The maximum absolute atomic E-state index is 13.6. The van der Waals surface area contributed by atoms with Gasteiger partial charge in [-0.1, -0.05) is 17.7 Å². The number of pyridine rings is 1. The van der Waals surface area contributed by atoms with Crippen LogP contribution in [-0.4, -0.2) is 4.98 Å². The highest BCUT2D eigenvalue weighted by atomic mass is 35.5. The molecule has 0 bridgehead atoms. The van der Waals surface area contributed by atoms with Crippen LogP contribution in [0.15, 0.2) is 36.5 Å². The zero-order valence-corrected chi connectivity index (χ0v) is 11.2. The predicted molar refractivity (Wildman–Crippen MR) is 69.8 cm³/mol. The molecule has 112 valence electrons. The summed E-state index contributed by atoms with van der Waals surface area (Å²) in [6.45, 7) is 0. The first kappa shape index (κ1) is 15.7. The number of hydrogen-bond acceptors (Lipinski definition) is 3. The number of nitrogens with zero attached hydrogens (tertiary/aromatic N) is 1. The van der Waals surface area contributed by atoms with Crippen molar-refractivity contribution in [1.82, 2.24) is 10.4 Å². The third kappa shape index (κ3) is 3.49. The van der Waals surface area contributed by atoms with Crippen molar-refractivity contribution in [2.75, 3.05) is 0 Å². The summed E-state index contributed by atoms with van der Waals surface area (Å²) >= 11 is 5.75. The zero-order chi connectivity index (χ0) is 15.6. The van der Waals surface area contributed by atoms with E-state index in [-0.39, 0.29) is 10.7 Å². The minimum absolute atomic E-state index is 0.195. The van der Waals surface area contributed by atoms with Gasteiger partial charge < -0.3 is 0 Å². The molecule has 1 aromatic carbocycles. The van der Waals surface area contributed by atoms with E-state index >= 15 is 0 Å². The lowest BCUT2D eigenvalue weighted by Crippen LogP contribution is -2.29. The SMILES string of the molecule is NNC(c1ccnc(Cl)c1)c1ccc(C(F)(F)F)c(F)c1. The van der Waals surface area contributed by atoms with E-state index in [1.165, 1.54) is 12.3 Å². The molecule has 8 heteroatoms. The first-order valence-electron chi connectivity index (χ1n) is 5.77. The van der Waals surface area contributed by atoms with Crippen LogP contribution < -0.4 is 11.3 Å². The second-order valence-corrected chi connectivity index (χ2v) is 4.64. The van der Waals surface area contributed by atoms with Gasteiger partial charge in [0.25, 0.3) is 0 Å². The molecule has 0 radical (unpaired) electrons. The van der Waals surface area contributed by atoms with E-state index in [1.807, 2.05) is 0 Å². The fourth-order valence-corrected chi connectivity index (χ4v) is 2.11. The molecule has 1 heterocycles. The van der Waals surface area contributed by atoms with Crippen molar-refractivity contribution in [2.45, 2.75) is 12.2 Å². The average Bonchev–Trinajstić information content (AvgIpc) is 2.38. The molecule has 3 nitrogen and oxygen atoms in total. The van der Waals surface area contributed by atoms with Gasteiger partial charge in [0.15, 0.2) is 0 Å². The minimum Gasteiger partial charge on any atom is -0.271 e. The van der Waals surface area contributed by atoms with Crippen LogP contribution in [0.3, 0.4) is 0 Å². The number of rotatable bonds is 3. The highest BCUT2D eigenvalue weighted by molar-refractivity contribution is 6.29. The van der Waals surface area contributed by atoms with Gasteiger partial charge in [-0.05, 0) is 35.4 Å². The number of nitrogens with two attached hydrogens (primary N) is 1. The van der Waals surface area contributed by atoms with Gasteiger partial charge in [0.2, 0.25) is 0 Å². The molecule has 0 aliphatic carbocycles. The lowest BCUT2D eigenvalue weighted by Gasteiger charge is -2.18. The molecular formula is C13H10ClF4N3. The second-order valence-electron chi connectivity index (χ2n) is 4.25. The lowest BCUT2D eigenvalue weighted by atomic mass is 9.98. The quantitative estimate of drug-likeness (QED) is 0.394. The van der Waals surface area contributed by atoms with Crippen LogP contribution in [0.4, 0.5) is 17.6 Å². The molecule has 2 rings (SSSR count). The Hall–Kier alpha value is -1.70. The van der Waals surface area contributed by atoms with E-state index in [0.29, 0.717) is 11.6 Å². The fourth-order valence-electron chi connectivity index (χ4n) is 1.92. The predicted octanol–water partition coefficient (Wildman–Crippen LogP) is 3.45. The van der Waals surface area contributed by atoms with Crippen molar-refractivity contribution in [2.24, 2.45) is 5.84 Å². The van der Waals surface area contributed by atoms with Crippen LogP contribution in [0.25, 0.3) is 0 Å². The summed E-state index contributed by atoms with van der Waals surface area (Å²) in [4.78, 5) is 3.79. The molecule has 0 aliphatic rings. The number of benzene rings is 1. The maximum atomic E-state index is 13.6. The van der Waals surface area contributed by atoms with Gasteiger partial charge in [0, 0.05) is 6.20 Å². The standard InChI is InChI=1S/C13H10ClF4N3/c14-11-6-8(3-4-20-11)12(21-19)7-1-2-9(10(15)5-7)13(16,17)18/h1-6,12,21H,19H2. The zero-order valence-electron chi connectivity index (χ0n) is 10.5. The molecule has 0 amide bonds. The lowest BCUT2D eigenvalue weighted by molar-refractivity contribution is -0.140. The van der Waals surface area contributed by atoms with Crippen molar-refractivity contribution in [1.29, 1.82) is 0 Å². The summed E-state index contributed by atoms with van der Waals surface area (Å²) in [6.07, 6.45) is -3.32. The highest BCUT2D eigenvalue weighted by Crippen LogP contribution is 2.33. The monoisotopic (exact) mass is 319 g/mol. The molecule has 0 fully saturated rings. The first-order valence-corrected chi connectivity index (χ1v) is 6.15. The van der Waals surface area contributed by atoms with Crippen molar-refractivity contribution < 1.29 is 17.6 Å². The van der Waals surface area contributed by atoms with Gasteiger partial charge in [0.05, 0.1) is 11.6 Å². The van der Waals surface area contributed by atoms with Crippen LogP contribution in [0, 0.1) is 5.82 Å². The number of halogens is 5. The van der Waals surface area contributed by atoms with Crippen LogP contribution in [-0.2, 0) is 6.18 Å². The molecule has 1 unspecified atom stereocenters. The molecule has 1 atom stereocenters. The second kappa shape index (κ2) is 5.97. The molecular weight excluding hydrogens is 310 g/mol. The van der Waals surface area contributed by atoms with E-state index in [1.54, 1.807) is 6.07 Å². The Morgan fingerprint density at radius 2 is 1.81 bits per heavy atom. The van der Waals surface area contributed by atoms with Crippen molar-refractivity contribution in [3.8, 4) is 0 Å². The maximum Gasteiger partial charge on any atom is 0.419 e. The molecule has 0 spiro atoms. The van der Waals surface area contributed by atoms with E-state index in [2.05, 4.69) is 10.4 Å². The molecule has 2 aromatic rings. The van der Waals surface area contributed by atoms with Gasteiger partial charge >= 0.3 is 6.18 Å². The summed E-state index contributed by atoms with van der Waals surface area (Å²) in [7, 11) is 0. The van der Waals surface area contributed by atoms with Gasteiger partial charge in [-0.25, -0.2) is 14.8 Å². The van der Waals surface area contributed by atoms with E-state index in [4.69, 9.17) is 17.4 Å². The summed E-state index contributed by atoms with van der Waals surface area (Å²) in [6, 6.07) is 4.99. The average molecular weight is 320 g/mol. The minimum atomic E-state index is -4.74. The number of aromatic nitrogens is 1. The van der Waals surface area contributed by atoms with Crippen molar-refractivity contribution in [3.63, 3.8) is 0 Å². The first-order chi connectivity index (χ1) is 9.82. The van der Waals surface area contributed by atoms with Gasteiger partial charge in [-0.15, -0.1) is 0 Å². The number of hydrazine groups is 1. The fraction of sp³-hybridized carbons (Fsp3) is 0.154. The topological polar surface area (TPSA) is 50.9 Å². The summed E-state index contributed by atoms with van der Waals surface area (Å²) < 4.78 is 51.2. The van der Waals surface area contributed by atoms with Crippen LogP contribution in [0.2, 0.25) is 5.15 Å². The molecule has 1 aromatic heterocycles. The summed E-state index contributed by atoms with van der Waals surface area (Å²) in [5.74, 6) is 4.04. The Morgan fingerprint density at radius 3 is 2.33 bits per heavy atom. The van der Waals surface area contributed by atoms with Gasteiger partial charge in [-0.3, -0.25) is 5.84 Å². The molecule has 0 aliphatic heterocycles. The Labute approximate surface area is 122 Å². The van der Waals surface area contributed by atoms with E-state index in [9.17, 15) is 17.6 Å². The van der Waals surface area contributed by atoms with Crippen molar-refractivity contribution in [3.05, 3.63) is 64.2 Å². The number of alkyl halides is 3. The summed E-state index contributed by atoms with van der Waals surface area (Å²) in [5.41, 5.74) is 1.88. The van der Waals surface area contributed by atoms with Crippen LogP contribution in [0.5, 0.6) is 0 Å². The van der Waals surface area contributed by atoms with Crippen molar-refractivity contribution >= 4 is 11.6 Å². The highest BCUT2D eigenvalue weighted by Gasteiger charge is 2.34. The summed E-state index contributed by atoms with van der Waals surface area (Å²) in [5, 5.41) is 0.195. The normalized spacial score (nSPS) is 13.2. The molecule has 21 heavy (non-hydrogen) atoms. The van der Waals surface area contributed by atoms with E-state index in [0.717, 1.165) is 12.1 Å². The third-order valence-corrected chi connectivity index (χ3v) is 3.09. The largest absolute Gasteiger partial charge is 0.419 e. The van der Waals surface area contributed by atoms with E-state index < -0.39 is 23.6 Å². The number of hydrogen-bond donors (Lipinski definition) is 2. The van der Waals surface area contributed by atoms with Gasteiger partial charge in [0.1, 0.15) is 11.0 Å². The Kier molecular flexibility index (Phi) is 4.46. The van der Waals surface area contributed by atoms with Crippen LogP contribution in [0.1, 0.15) is 22.7 Å². The number of nitrogens with one attached hydrogen (secondary N) is 1. The molecule has 3 N–H and O–H groups in total. The Bertz CT molecular complexity index is 646. The third-order valence-electron chi connectivity index (χ3n) is 2.88. The smallest absolute Gasteiger partial charge is 0.271 e. The Balaban J connectivity index is 2.42. The molecule has 0 saturated carbocycles. The van der Waals surface area contributed by atoms with Gasteiger partial charge in [-0.2, -0.15) is 13.2 Å².